The van der Waals surface area contributed by atoms with Crippen LogP contribution in [0.15, 0.2) is 23.3 Å². The molecule has 0 aromatic heterocycles. The fourth-order valence-corrected chi connectivity index (χ4v) is 7.29. The van der Waals surface area contributed by atoms with E-state index in [-0.39, 0.29) is 37.0 Å². The molecule has 6 aliphatic rings. The predicted molar refractivity (Wildman–Crippen MR) is 150 cm³/mol. The number of carbonyl (C=O) groups is 4. The maximum absolute atomic E-state index is 13.3. The van der Waals surface area contributed by atoms with Gasteiger partial charge in [0.15, 0.2) is 0 Å². The van der Waals surface area contributed by atoms with Crippen LogP contribution < -0.4 is 21.3 Å². The molecule has 0 unspecified atom stereocenters. The SMILES string of the molecule is CC1=C[C@@H](C(=O)NC2CCNCC2)N2C[C@@H]1N(OS(=O)(=O)ON1C(=O)N3C[C@H]1C(C)=C[C@H]3C(=O)NC1CCNCC1)C2=O. The minimum atomic E-state index is -4.97. The molecule has 0 aromatic rings. The summed E-state index contributed by atoms with van der Waals surface area (Å²) in [6.45, 7) is 6.63. The Kier molecular flexibility index (Phi) is 8.10. The minimum Gasteiger partial charge on any atom is -0.351 e. The highest BCUT2D eigenvalue weighted by Crippen LogP contribution is 2.34. The van der Waals surface area contributed by atoms with E-state index in [2.05, 4.69) is 21.3 Å². The van der Waals surface area contributed by atoms with Gasteiger partial charge in [0.05, 0.1) is 13.1 Å². The number of hydrogen-bond donors (Lipinski definition) is 4. The Bertz CT molecular complexity index is 1250. The van der Waals surface area contributed by atoms with E-state index in [1.165, 1.54) is 9.80 Å². The molecule has 6 aliphatic heterocycles. The van der Waals surface area contributed by atoms with Crippen molar-refractivity contribution in [2.24, 2.45) is 0 Å². The number of urea groups is 2. The van der Waals surface area contributed by atoms with Gasteiger partial charge < -0.3 is 31.1 Å². The molecule has 4 saturated heterocycles. The quantitative estimate of drug-likeness (QED) is 0.238. The van der Waals surface area contributed by atoms with E-state index in [0.717, 1.165) is 51.9 Å². The molecule has 0 aliphatic carbocycles. The summed E-state index contributed by atoms with van der Waals surface area (Å²) in [5, 5.41) is 13.8. The van der Waals surface area contributed by atoms with Gasteiger partial charge in [-0.2, -0.15) is 18.5 Å². The zero-order valence-corrected chi connectivity index (χ0v) is 25.0. The Morgan fingerprint density at radius 1 is 0.744 bits per heavy atom. The van der Waals surface area contributed by atoms with Crippen molar-refractivity contribution in [3.63, 3.8) is 0 Å². The molecule has 4 fully saturated rings. The van der Waals surface area contributed by atoms with E-state index < -0.39 is 46.6 Å². The lowest BCUT2D eigenvalue weighted by atomic mass is 10.00. The molecule has 17 heteroatoms. The molecular formula is C26H38N8O8S. The molecule has 4 N–H and O–H groups in total. The summed E-state index contributed by atoms with van der Waals surface area (Å²) in [4.78, 5) is 55.2. The third kappa shape index (κ3) is 5.83. The van der Waals surface area contributed by atoms with E-state index >= 15 is 0 Å². The van der Waals surface area contributed by atoms with Gasteiger partial charge in [-0.15, -0.1) is 8.57 Å². The van der Waals surface area contributed by atoms with E-state index in [9.17, 15) is 27.6 Å². The van der Waals surface area contributed by atoms with E-state index in [4.69, 9.17) is 8.57 Å². The normalized spacial score (nSPS) is 30.0. The second-order valence-corrected chi connectivity index (χ2v) is 13.0. The Morgan fingerprint density at radius 2 is 1.12 bits per heavy atom. The zero-order chi connectivity index (χ0) is 30.5. The number of hydrogen-bond acceptors (Lipinski definition) is 10. The van der Waals surface area contributed by atoms with Crippen LogP contribution in [0.2, 0.25) is 0 Å². The monoisotopic (exact) mass is 622 g/mol. The van der Waals surface area contributed by atoms with Crippen LogP contribution in [0.1, 0.15) is 39.5 Å². The van der Waals surface area contributed by atoms with Gasteiger partial charge in [0, 0.05) is 12.1 Å². The molecule has 0 aromatic carbocycles. The summed E-state index contributed by atoms with van der Waals surface area (Å²) in [6, 6.07) is -5.01. The zero-order valence-electron chi connectivity index (χ0n) is 24.2. The van der Waals surface area contributed by atoms with Gasteiger partial charge >= 0.3 is 22.5 Å². The molecule has 4 atom stereocenters. The highest BCUT2D eigenvalue weighted by atomic mass is 32.3. The van der Waals surface area contributed by atoms with Gasteiger partial charge in [0.1, 0.15) is 24.2 Å². The first kappa shape index (κ1) is 29.8. The molecule has 16 nitrogen and oxygen atoms in total. The summed E-state index contributed by atoms with van der Waals surface area (Å²) < 4.78 is 36.5. The highest BCUT2D eigenvalue weighted by molar-refractivity contribution is 7.81. The molecule has 236 valence electrons. The maximum Gasteiger partial charge on any atom is 0.442 e. The number of nitrogens with one attached hydrogen (secondary N) is 4. The molecule has 43 heavy (non-hydrogen) atoms. The average molecular weight is 623 g/mol. The van der Waals surface area contributed by atoms with Crippen molar-refractivity contribution in [2.75, 3.05) is 39.3 Å². The molecule has 6 heterocycles. The fraction of sp³-hybridized carbons (Fsp3) is 0.692. The molecule has 6 rings (SSSR count). The highest BCUT2D eigenvalue weighted by Gasteiger charge is 2.52. The number of amides is 6. The lowest BCUT2D eigenvalue weighted by molar-refractivity contribution is -0.125. The maximum atomic E-state index is 13.3. The largest absolute Gasteiger partial charge is 0.442 e. The number of fused-ring (bicyclic) bond motifs is 4. The van der Waals surface area contributed by atoms with Gasteiger partial charge in [-0.3, -0.25) is 9.59 Å². The van der Waals surface area contributed by atoms with Gasteiger partial charge in [-0.1, -0.05) is 12.2 Å². The standard InChI is InChI=1S/C26H38N8O8S/c1-15-11-19(23(35)29-17-3-7-27-8-4-17)31-13-21(15)33(25(31)37)41-43(39,40)42-34-22-14-32(26(34)38)20(12-16(22)2)24(36)30-18-5-9-28-10-6-18/h11-12,17-22,27-28H,3-10,13-14H2,1-2H3,(H,29,35)(H,30,36)/t19-,20-,21-,22-/m0/s1. The predicted octanol–water partition coefficient (Wildman–Crippen LogP) is -1.30. The Morgan fingerprint density at radius 3 is 1.49 bits per heavy atom. The van der Waals surface area contributed by atoms with Crippen LogP contribution in [0, 0.1) is 0 Å². The number of hydroxylamine groups is 4. The van der Waals surface area contributed by atoms with Crippen molar-refractivity contribution in [1.29, 1.82) is 0 Å². The first-order valence-electron chi connectivity index (χ1n) is 14.7. The Hall–Kier alpha value is -3.25. The number of rotatable bonds is 8. The first-order chi connectivity index (χ1) is 20.5. The smallest absolute Gasteiger partial charge is 0.351 e. The summed E-state index contributed by atoms with van der Waals surface area (Å²) >= 11 is 0. The van der Waals surface area contributed by atoms with Crippen molar-refractivity contribution in [1.82, 2.24) is 41.2 Å². The summed E-state index contributed by atoms with van der Waals surface area (Å²) in [7, 11) is -4.97. The van der Waals surface area contributed by atoms with Gasteiger partial charge in [0.25, 0.3) is 0 Å². The van der Waals surface area contributed by atoms with E-state index in [1.54, 1.807) is 26.0 Å². The van der Waals surface area contributed by atoms with Crippen LogP contribution in [-0.4, -0.2) is 128 Å². The lowest BCUT2D eigenvalue weighted by Gasteiger charge is -2.30. The topological polar surface area (TPSA) is 182 Å². The van der Waals surface area contributed by atoms with Crippen LogP contribution in [0.25, 0.3) is 0 Å². The van der Waals surface area contributed by atoms with Crippen LogP contribution in [-0.2, 0) is 28.6 Å². The summed E-state index contributed by atoms with van der Waals surface area (Å²) in [5.74, 6) is -0.687. The minimum absolute atomic E-state index is 0.0140. The van der Waals surface area contributed by atoms with E-state index in [0.29, 0.717) is 21.3 Å². The lowest BCUT2D eigenvalue weighted by Crippen LogP contribution is -2.52. The average Bonchev–Trinajstić information content (AvgIpc) is 3.40. The summed E-state index contributed by atoms with van der Waals surface area (Å²) in [6.07, 6.45) is 6.35. The third-order valence-electron chi connectivity index (χ3n) is 8.99. The van der Waals surface area contributed by atoms with Crippen LogP contribution >= 0.6 is 0 Å². The second kappa shape index (κ2) is 11.7. The van der Waals surface area contributed by atoms with Crippen molar-refractivity contribution in [2.45, 2.75) is 75.8 Å². The van der Waals surface area contributed by atoms with Crippen LogP contribution in [0.3, 0.4) is 0 Å². The van der Waals surface area contributed by atoms with Crippen molar-refractivity contribution < 1.29 is 36.2 Å². The molecule has 6 amide bonds. The van der Waals surface area contributed by atoms with Gasteiger partial charge in [-0.25, -0.2) is 9.59 Å². The molecule has 0 radical (unpaired) electrons. The van der Waals surface area contributed by atoms with Gasteiger partial charge in [0.2, 0.25) is 11.8 Å². The molecule has 4 bridgehead atoms. The molecular weight excluding hydrogens is 584 g/mol. The Balaban J connectivity index is 1.10. The van der Waals surface area contributed by atoms with Crippen molar-refractivity contribution >= 4 is 34.3 Å². The van der Waals surface area contributed by atoms with Gasteiger partial charge in [-0.05, 0) is 76.9 Å². The van der Waals surface area contributed by atoms with Crippen LogP contribution in [0.4, 0.5) is 9.59 Å². The third-order valence-corrected chi connectivity index (χ3v) is 9.68. The number of piperidine rings is 2. The first-order valence-corrected chi connectivity index (χ1v) is 16.1. The Labute approximate surface area is 250 Å². The van der Waals surface area contributed by atoms with Crippen LogP contribution in [0.5, 0.6) is 0 Å². The second-order valence-electron chi connectivity index (χ2n) is 11.9. The molecule has 0 saturated carbocycles. The van der Waals surface area contributed by atoms with Crippen molar-refractivity contribution in [3.8, 4) is 0 Å². The fourth-order valence-electron chi connectivity index (χ4n) is 6.54. The molecule has 0 spiro atoms. The van der Waals surface area contributed by atoms with Crippen molar-refractivity contribution in [3.05, 3.63) is 23.3 Å². The number of nitrogens with zero attached hydrogens (tertiary/aromatic N) is 4. The van der Waals surface area contributed by atoms with E-state index in [1.807, 2.05) is 0 Å². The number of carbonyl (C=O) groups excluding carboxylic acids is 4. The summed E-state index contributed by atoms with van der Waals surface area (Å²) in [5.41, 5.74) is 1.17.